The number of hydrogen-bond donors (Lipinski definition) is 0. The van der Waals surface area contributed by atoms with Crippen LogP contribution in [0.25, 0.3) is 0 Å². The summed E-state index contributed by atoms with van der Waals surface area (Å²) in [4.78, 5) is 23.5. The highest BCUT2D eigenvalue weighted by molar-refractivity contribution is 5.94. The van der Waals surface area contributed by atoms with Crippen molar-refractivity contribution in [3.8, 4) is 11.5 Å². The second-order valence-corrected chi connectivity index (χ2v) is 8.23. The maximum atomic E-state index is 12.3. The zero-order chi connectivity index (χ0) is 24.5. The highest BCUT2D eigenvalue weighted by atomic mass is 16.5. The Bertz CT molecular complexity index is 740. The molecule has 0 amide bonds. The monoisotopic (exact) mass is 462 g/mol. The Balaban J connectivity index is 2.42. The number of aryl methyl sites for hydroxylation is 1. The molecule has 0 aliphatic rings. The van der Waals surface area contributed by atoms with Gasteiger partial charge in [0.25, 0.3) is 0 Å². The van der Waals surface area contributed by atoms with Gasteiger partial charge in [0.1, 0.15) is 23.2 Å². The van der Waals surface area contributed by atoms with E-state index in [1.165, 1.54) is 14.0 Å². The minimum absolute atomic E-state index is 0.0992. The van der Waals surface area contributed by atoms with Crippen LogP contribution in [0.5, 0.6) is 11.5 Å². The van der Waals surface area contributed by atoms with Crippen LogP contribution in [0.4, 0.5) is 0 Å². The number of methoxy groups -OCH3 is 3. The number of hydrogen-bond acceptors (Lipinski definition) is 6. The summed E-state index contributed by atoms with van der Waals surface area (Å²) < 4.78 is 21.1. The van der Waals surface area contributed by atoms with Crippen molar-refractivity contribution in [1.82, 2.24) is 0 Å². The van der Waals surface area contributed by atoms with Crippen LogP contribution in [-0.4, -0.2) is 39.4 Å². The van der Waals surface area contributed by atoms with Gasteiger partial charge in [0.15, 0.2) is 0 Å². The summed E-state index contributed by atoms with van der Waals surface area (Å²) in [5.74, 6) is 0.538. The second-order valence-electron chi connectivity index (χ2n) is 8.23. The summed E-state index contributed by atoms with van der Waals surface area (Å²) in [6, 6.07) is 3.60. The Morgan fingerprint density at radius 3 is 2.30 bits per heavy atom. The fourth-order valence-electron chi connectivity index (χ4n) is 3.81. The van der Waals surface area contributed by atoms with E-state index in [1.807, 2.05) is 12.1 Å². The number of unbranched alkanes of at least 4 members (excludes halogenated alkanes) is 7. The van der Waals surface area contributed by atoms with E-state index in [1.54, 1.807) is 20.3 Å². The van der Waals surface area contributed by atoms with Crippen molar-refractivity contribution in [2.24, 2.45) is 0 Å². The first-order valence-corrected chi connectivity index (χ1v) is 12.1. The lowest BCUT2D eigenvalue weighted by atomic mass is 9.99. The molecule has 0 aliphatic carbocycles. The van der Waals surface area contributed by atoms with Crippen LogP contribution >= 0.6 is 0 Å². The van der Waals surface area contributed by atoms with Gasteiger partial charge >= 0.3 is 11.9 Å². The highest BCUT2D eigenvalue weighted by Gasteiger charge is 2.19. The molecule has 0 radical (unpaired) electrons. The number of carbonyl (C=O) groups excluding carboxylic acids is 2. The third kappa shape index (κ3) is 11.3. The Morgan fingerprint density at radius 1 is 0.939 bits per heavy atom. The van der Waals surface area contributed by atoms with E-state index in [9.17, 15) is 9.59 Å². The topological polar surface area (TPSA) is 71.1 Å². The molecule has 0 N–H and O–H groups in total. The van der Waals surface area contributed by atoms with E-state index < -0.39 is 5.97 Å². The van der Waals surface area contributed by atoms with Gasteiger partial charge in [-0.15, -0.1) is 0 Å². The lowest BCUT2D eigenvalue weighted by Gasteiger charge is -2.14. The lowest BCUT2D eigenvalue weighted by Crippen LogP contribution is -2.13. The Kier molecular flexibility index (Phi) is 14.7. The predicted octanol–water partition coefficient (Wildman–Crippen LogP) is 6.44. The van der Waals surface area contributed by atoms with E-state index in [-0.39, 0.29) is 12.1 Å². The molecule has 6 nitrogen and oxygen atoms in total. The summed E-state index contributed by atoms with van der Waals surface area (Å²) in [7, 11) is 4.52. The standard InChI is InChI=1S/C27H42O6/c1-6-7-13-17-23(33-21(2)28)18-15-12-10-8-9-11-14-16-22-19-24(30-3)20-25(31-4)26(22)27(29)32-5/h15,18-20,23H,6-14,16-17H2,1-5H3. The molecule has 0 aromatic heterocycles. The Hall–Kier alpha value is -2.50. The minimum atomic E-state index is -0.391. The number of allylic oxidation sites excluding steroid dienone is 1. The Labute approximate surface area is 199 Å². The van der Waals surface area contributed by atoms with E-state index in [2.05, 4.69) is 13.0 Å². The molecule has 1 aromatic rings. The first-order valence-electron chi connectivity index (χ1n) is 12.1. The molecule has 0 saturated heterocycles. The van der Waals surface area contributed by atoms with Crippen molar-refractivity contribution in [2.75, 3.05) is 21.3 Å². The van der Waals surface area contributed by atoms with Gasteiger partial charge in [-0.3, -0.25) is 4.79 Å². The van der Waals surface area contributed by atoms with Gasteiger partial charge in [-0.25, -0.2) is 4.79 Å². The predicted molar refractivity (Wildman–Crippen MR) is 131 cm³/mol. The number of benzene rings is 1. The van der Waals surface area contributed by atoms with Crippen molar-refractivity contribution in [2.45, 2.75) is 90.6 Å². The third-order valence-corrected chi connectivity index (χ3v) is 5.58. The number of ether oxygens (including phenoxy) is 4. The van der Waals surface area contributed by atoms with Gasteiger partial charge < -0.3 is 18.9 Å². The SMILES string of the molecule is CCCCCC(C=CCCCCCCCc1cc(OC)cc(OC)c1C(=O)OC)OC(C)=O. The smallest absolute Gasteiger partial charge is 0.341 e. The summed E-state index contributed by atoms with van der Waals surface area (Å²) >= 11 is 0. The fraction of sp³-hybridized carbons (Fsp3) is 0.630. The summed E-state index contributed by atoms with van der Waals surface area (Å²) in [6.07, 6.45) is 15.6. The van der Waals surface area contributed by atoms with Crippen LogP contribution in [0.2, 0.25) is 0 Å². The highest BCUT2D eigenvalue weighted by Crippen LogP contribution is 2.30. The average Bonchev–Trinajstić information content (AvgIpc) is 2.81. The van der Waals surface area contributed by atoms with Crippen LogP contribution in [0, 0.1) is 0 Å². The maximum Gasteiger partial charge on any atom is 0.341 e. The van der Waals surface area contributed by atoms with E-state index >= 15 is 0 Å². The van der Waals surface area contributed by atoms with Crippen LogP contribution < -0.4 is 9.47 Å². The summed E-state index contributed by atoms with van der Waals surface area (Å²) in [6.45, 7) is 3.64. The zero-order valence-corrected chi connectivity index (χ0v) is 21.1. The molecular weight excluding hydrogens is 420 g/mol. The molecule has 1 rings (SSSR count). The van der Waals surface area contributed by atoms with Gasteiger partial charge in [-0.2, -0.15) is 0 Å². The van der Waals surface area contributed by atoms with Crippen LogP contribution in [-0.2, 0) is 20.7 Å². The number of esters is 2. The molecule has 0 spiro atoms. The molecule has 0 heterocycles. The van der Waals surface area contributed by atoms with Gasteiger partial charge in [-0.05, 0) is 56.2 Å². The molecule has 0 fully saturated rings. The third-order valence-electron chi connectivity index (χ3n) is 5.58. The molecule has 1 aromatic carbocycles. The molecule has 0 saturated carbocycles. The van der Waals surface area contributed by atoms with E-state index in [4.69, 9.17) is 18.9 Å². The second kappa shape index (κ2) is 17.0. The molecule has 0 aliphatic heterocycles. The largest absolute Gasteiger partial charge is 0.497 e. The minimum Gasteiger partial charge on any atom is -0.497 e. The molecule has 6 heteroatoms. The quantitative estimate of drug-likeness (QED) is 0.151. The number of rotatable bonds is 17. The van der Waals surface area contributed by atoms with E-state index in [0.29, 0.717) is 17.1 Å². The zero-order valence-electron chi connectivity index (χ0n) is 21.1. The lowest BCUT2D eigenvalue weighted by molar-refractivity contribution is -0.144. The van der Waals surface area contributed by atoms with Crippen molar-refractivity contribution in [3.05, 3.63) is 35.4 Å². The average molecular weight is 463 g/mol. The van der Waals surface area contributed by atoms with Gasteiger partial charge in [0, 0.05) is 13.0 Å². The van der Waals surface area contributed by atoms with Crippen LogP contribution in [0.15, 0.2) is 24.3 Å². The summed E-state index contributed by atoms with van der Waals surface area (Å²) in [5, 5.41) is 0. The molecular formula is C27H42O6. The molecule has 1 atom stereocenters. The first-order chi connectivity index (χ1) is 16.0. The van der Waals surface area contributed by atoms with Crippen molar-refractivity contribution in [1.29, 1.82) is 0 Å². The maximum absolute atomic E-state index is 12.3. The number of carbonyl (C=O) groups is 2. The Morgan fingerprint density at radius 2 is 1.67 bits per heavy atom. The van der Waals surface area contributed by atoms with Crippen LogP contribution in [0.1, 0.15) is 94.0 Å². The summed E-state index contributed by atoms with van der Waals surface area (Å²) in [5.41, 5.74) is 1.37. The van der Waals surface area contributed by atoms with Gasteiger partial charge in [0.2, 0.25) is 0 Å². The van der Waals surface area contributed by atoms with Crippen LogP contribution in [0.3, 0.4) is 0 Å². The molecule has 186 valence electrons. The molecule has 33 heavy (non-hydrogen) atoms. The molecule has 1 unspecified atom stereocenters. The fourth-order valence-corrected chi connectivity index (χ4v) is 3.81. The van der Waals surface area contributed by atoms with Crippen molar-refractivity contribution in [3.63, 3.8) is 0 Å². The van der Waals surface area contributed by atoms with Crippen molar-refractivity contribution < 1.29 is 28.5 Å². The van der Waals surface area contributed by atoms with Crippen molar-refractivity contribution >= 4 is 11.9 Å². The van der Waals surface area contributed by atoms with E-state index in [0.717, 1.165) is 76.2 Å². The normalized spacial score (nSPS) is 11.9. The molecule has 0 bridgehead atoms. The first kappa shape index (κ1) is 28.5. The van der Waals surface area contributed by atoms with Gasteiger partial charge in [-0.1, -0.05) is 45.1 Å². The van der Waals surface area contributed by atoms with Gasteiger partial charge in [0.05, 0.1) is 21.3 Å².